The van der Waals surface area contributed by atoms with Crippen LogP contribution in [-0.4, -0.2) is 5.91 Å². The van der Waals surface area contributed by atoms with Gasteiger partial charge >= 0.3 is 0 Å². The molecule has 0 bridgehead atoms. The maximum atomic E-state index is 12.4. The molecule has 152 valence electrons. The lowest BCUT2D eigenvalue weighted by Crippen LogP contribution is -2.25. The summed E-state index contributed by atoms with van der Waals surface area (Å²) in [4.78, 5) is 12.4. The van der Waals surface area contributed by atoms with Crippen molar-refractivity contribution in [2.45, 2.75) is 52.5 Å². The summed E-state index contributed by atoms with van der Waals surface area (Å²) in [6.45, 7) is 4.17. The van der Waals surface area contributed by atoms with Gasteiger partial charge in [-0.15, -0.1) is 0 Å². The molecular formula is C25H30N2O2. The molecule has 3 rings (SSSR count). The molecule has 0 heterocycles. The number of aryl methyl sites for hydroxylation is 2. The van der Waals surface area contributed by atoms with Crippen LogP contribution < -0.4 is 15.8 Å². The zero-order valence-electron chi connectivity index (χ0n) is 17.3. The van der Waals surface area contributed by atoms with Gasteiger partial charge in [0.1, 0.15) is 11.5 Å². The number of nitrogens with one attached hydrogen (secondary N) is 1. The molecule has 1 aliphatic rings. The van der Waals surface area contributed by atoms with Crippen LogP contribution in [0, 0.1) is 0 Å². The van der Waals surface area contributed by atoms with Crippen LogP contribution in [0.4, 0.5) is 0 Å². The lowest BCUT2D eigenvalue weighted by molar-refractivity contribution is -0.117. The molecule has 29 heavy (non-hydrogen) atoms. The van der Waals surface area contributed by atoms with E-state index in [1.54, 1.807) is 13.0 Å². The molecule has 0 atom stereocenters. The molecule has 4 nitrogen and oxygen atoms in total. The third-order valence-electron chi connectivity index (χ3n) is 5.10. The van der Waals surface area contributed by atoms with Crippen molar-refractivity contribution in [3.05, 3.63) is 82.6 Å². The molecule has 2 aromatic carbocycles. The van der Waals surface area contributed by atoms with Gasteiger partial charge in [-0.25, -0.2) is 0 Å². The topological polar surface area (TPSA) is 64.3 Å². The van der Waals surface area contributed by atoms with Crippen molar-refractivity contribution in [2.75, 3.05) is 0 Å². The van der Waals surface area contributed by atoms with Crippen LogP contribution in [-0.2, 0) is 24.2 Å². The van der Waals surface area contributed by atoms with Crippen LogP contribution >= 0.6 is 0 Å². The van der Waals surface area contributed by atoms with Crippen molar-refractivity contribution < 1.29 is 9.53 Å². The number of hydrogen-bond donors (Lipinski definition) is 2. The Morgan fingerprint density at radius 2 is 1.86 bits per heavy atom. The zero-order valence-corrected chi connectivity index (χ0v) is 17.3. The van der Waals surface area contributed by atoms with Gasteiger partial charge in [0.2, 0.25) is 0 Å². The van der Waals surface area contributed by atoms with Crippen LogP contribution in [0.5, 0.6) is 11.5 Å². The number of allylic oxidation sites excluding steroid dienone is 2. The van der Waals surface area contributed by atoms with Gasteiger partial charge in [-0.05, 0) is 80.0 Å². The fraction of sp³-hybridized carbons (Fsp3) is 0.320. The highest BCUT2D eigenvalue weighted by Gasteiger charge is 2.11. The van der Waals surface area contributed by atoms with Crippen LogP contribution in [0.15, 0.2) is 65.9 Å². The predicted octanol–water partition coefficient (Wildman–Crippen LogP) is 5.17. The number of fused-ring (bicyclic) bond motifs is 1. The minimum atomic E-state index is -0.171. The summed E-state index contributed by atoms with van der Waals surface area (Å²) < 4.78 is 6.08. The van der Waals surface area contributed by atoms with Gasteiger partial charge in [-0.1, -0.05) is 37.3 Å². The normalized spacial score (nSPS) is 14.3. The minimum Gasteiger partial charge on any atom is -0.457 e. The van der Waals surface area contributed by atoms with E-state index < -0.39 is 0 Å². The van der Waals surface area contributed by atoms with Gasteiger partial charge < -0.3 is 15.8 Å². The Morgan fingerprint density at radius 1 is 1.10 bits per heavy atom. The fourth-order valence-electron chi connectivity index (χ4n) is 3.53. The molecule has 0 fully saturated rings. The quantitative estimate of drug-likeness (QED) is 0.506. The van der Waals surface area contributed by atoms with E-state index in [1.807, 2.05) is 43.3 Å². The second-order valence-corrected chi connectivity index (χ2v) is 7.48. The molecule has 3 N–H and O–H groups in total. The largest absolute Gasteiger partial charge is 0.457 e. The highest BCUT2D eigenvalue weighted by Crippen LogP contribution is 2.28. The maximum absolute atomic E-state index is 12.4. The number of carbonyl (C=O) groups is 1. The molecule has 0 aliphatic heterocycles. The van der Waals surface area contributed by atoms with E-state index in [0.29, 0.717) is 17.8 Å². The third-order valence-corrected chi connectivity index (χ3v) is 5.10. The molecule has 0 unspecified atom stereocenters. The Kier molecular flexibility index (Phi) is 7.12. The Labute approximate surface area is 173 Å². The van der Waals surface area contributed by atoms with Crippen molar-refractivity contribution in [2.24, 2.45) is 5.73 Å². The molecule has 4 heteroatoms. The summed E-state index contributed by atoms with van der Waals surface area (Å²) in [5.41, 5.74) is 10.7. The highest BCUT2D eigenvalue weighted by atomic mass is 16.5. The summed E-state index contributed by atoms with van der Waals surface area (Å²) >= 11 is 0. The molecular weight excluding hydrogens is 360 g/mol. The van der Waals surface area contributed by atoms with E-state index in [2.05, 4.69) is 17.4 Å². The number of nitrogens with two attached hydrogens (primary N) is 1. The number of benzene rings is 2. The Morgan fingerprint density at radius 3 is 2.62 bits per heavy atom. The SMILES string of the molecule is CC/C=C\C(C(=O)NCc1cccc(Oc2ccc3c(c2)CCCC3)c1)=C(/C)N. The summed E-state index contributed by atoms with van der Waals surface area (Å²) in [6.07, 6.45) is 9.37. The fourth-order valence-corrected chi connectivity index (χ4v) is 3.53. The second-order valence-electron chi connectivity index (χ2n) is 7.48. The summed E-state index contributed by atoms with van der Waals surface area (Å²) in [7, 11) is 0. The van der Waals surface area contributed by atoms with Gasteiger partial charge in [0.15, 0.2) is 0 Å². The summed E-state index contributed by atoms with van der Waals surface area (Å²) in [5, 5.41) is 2.94. The van der Waals surface area contributed by atoms with Crippen molar-refractivity contribution >= 4 is 5.91 Å². The molecule has 0 radical (unpaired) electrons. The van der Waals surface area contributed by atoms with E-state index in [0.717, 1.165) is 36.3 Å². The number of ether oxygens (including phenoxy) is 1. The number of amides is 1. The van der Waals surface area contributed by atoms with Gasteiger partial charge in [0.05, 0.1) is 5.57 Å². The molecule has 0 saturated carbocycles. The molecule has 1 amide bonds. The van der Waals surface area contributed by atoms with Crippen molar-refractivity contribution in [3.63, 3.8) is 0 Å². The number of hydrogen-bond acceptors (Lipinski definition) is 3. The predicted molar refractivity (Wildman–Crippen MR) is 118 cm³/mol. The van der Waals surface area contributed by atoms with Gasteiger partial charge in [-0.2, -0.15) is 0 Å². The van der Waals surface area contributed by atoms with Crippen LogP contribution in [0.2, 0.25) is 0 Å². The van der Waals surface area contributed by atoms with E-state index in [-0.39, 0.29) is 5.91 Å². The van der Waals surface area contributed by atoms with Crippen molar-refractivity contribution in [3.8, 4) is 11.5 Å². The summed E-state index contributed by atoms with van der Waals surface area (Å²) in [6, 6.07) is 14.2. The third kappa shape index (κ3) is 5.74. The maximum Gasteiger partial charge on any atom is 0.253 e. The van der Waals surface area contributed by atoms with Gasteiger partial charge in [0, 0.05) is 12.2 Å². The van der Waals surface area contributed by atoms with E-state index in [4.69, 9.17) is 10.5 Å². The Bertz CT molecular complexity index is 924. The average molecular weight is 391 g/mol. The number of carbonyl (C=O) groups excluding carboxylic acids is 1. The highest BCUT2D eigenvalue weighted by molar-refractivity contribution is 5.96. The Hall–Kier alpha value is -3.01. The average Bonchev–Trinajstić information content (AvgIpc) is 2.72. The van der Waals surface area contributed by atoms with E-state index in [1.165, 1.54) is 24.0 Å². The van der Waals surface area contributed by atoms with Gasteiger partial charge in [-0.3, -0.25) is 4.79 Å². The first kappa shape index (κ1) is 20.7. The van der Waals surface area contributed by atoms with Crippen LogP contribution in [0.1, 0.15) is 49.8 Å². The Balaban J connectivity index is 1.64. The first-order chi connectivity index (χ1) is 14.1. The van der Waals surface area contributed by atoms with Crippen molar-refractivity contribution in [1.82, 2.24) is 5.32 Å². The molecule has 0 spiro atoms. The van der Waals surface area contributed by atoms with Crippen LogP contribution in [0.3, 0.4) is 0 Å². The smallest absolute Gasteiger partial charge is 0.253 e. The number of rotatable bonds is 7. The molecule has 2 aromatic rings. The second kappa shape index (κ2) is 9.97. The monoisotopic (exact) mass is 390 g/mol. The van der Waals surface area contributed by atoms with Crippen LogP contribution in [0.25, 0.3) is 0 Å². The minimum absolute atomic E-state index is 0.171. The van der Waals surface area contributed by atoms with E-state index >= 15 is 0 Å². The first-order valence-corrected chi connectivity index (χ1v) is 10.4. The zero-order chi connectivity index (χ0) is 20.6. The molecule has 1 aliphatic carbocycles. The standard InChI is InChI=1S/C25H30N2O2/c1-3-4-12-24(18(2)26)25(28)27-17-19-8-7-11-22(15-19)29-23-14-13-20-9-5-6-10-21(20)16-23/h4,7-8,11-16H,3,5-6,9-10,17,26H2,1-2H3,(H,27,28)/b12-4-,24-18-. The lowest BCUT2D eigenvalue weighted by Gasteiger charge is -2.17. The first-order valence-electron chi connectivity index (χ1n) is 10.4. The van der Waals surface area contributed by atoms with Gasteiger partial charge in [0.25, 0.3) is 5.91 Å². The summed E-state index contributed by atoms with van der Waals surface area (Å²) in [5.74, 6) is 1.46. The lowest BCUT2D eigenvalue weighted by atomic mass is 9.92. The van der Waals surface area contributed by atoms with Crippen molar-refractivity contribution in [1.29, 1.82) is 0 Å². The molecule has 0 aromatic heterocycles. The van der Waals surface area contributed by atoms with E-state index in [9.17, 15) is 4.79 Å². The molecule has 0 saturated heterocycles.